The maximum absolute atomic E-state index is 11.9. The molecular formula is C12H9ClOS. The van der Waals surface area contributed by atoms with Crippen LogP contribution in [0.4, 0.5) is 0 Å². The van der Waals surface area contributed by atoms with E-state index < -0.39 is 0 Å². The highest BCUT2D eigenvalue weighted by Gasteiger charge is 2.10. The van der Waals surface area contributed by atoms with Crippen molar-refractivity contribution in [2.24, 2.45) is 0 Å². The van der Waals surface area contributed by atoms with Gasteiger partial charge in [-0.2, -0.15) is 0 Å². The monoisotopic (exact) mass is 236 g/mol. The standard InChI is InChI=1S/C12H9ClOS/c1-8-7-9(4-5-10(8)13)12(14)11-3-2-6-15-11/h2-7H,1H3. The van der Waals surface area contributed by atoms with Crippen LogP contribution in [0, 0.1) is 6.92 Å². The molecule has 1 nitrogen and oxygen atoms in total. The lowest BCUT2D eigenvalue weighted by Crippen LogP contribution is -1.98. The Hall–Kier alpha value is -1.12. The minimum atomic E-state index is 0.0600. The van der Waals surface area contributed by atoms with Crippen molar-refractivity contribution in [3.63, 3.8) is 0 Å². The van der Waals surface area contributed by atoms with Crippen molar-refractivity contribution in [3.05, 3.63) is 56.7 Å². The van der Waals surface area contributed by atoms with Gasteiger partial charge in [0.2, 0.25) is 5.78 Å². The third-order valence-corrected chi connectivity index (χ3v) is 3.46. The largest absolute Gasteiger partial charge is 0.288 e. The summed E-state index contributed by atoms with van der Waals surface area (Å²) in [6.07, 6.45) is 0. The van der Waals surface area contributed by atoms with E-state index in [4.69, 9.17) is 11.6 Å². The Kier molecular flexibility index (Phi) is 2.89. The number of benzene rings is 1. The molecule has 76 valence electrons. The summed E-state index contributed by atoms with van der Waals surface area (Å²) in [7, 11) is 0. The van der Waals surface area contributed by atoms with E-state index in [0.717, 1.165) is 10.4 Å². The Bertz CT molecular complexity index is 488. The number of hydrogen-bond acceptors (Lipinski definition) is 2. The average molecular weight is 237 g/mol. The fourth-order valence-electron chi connectivity index (χ4n) is 1.34. The molecule has 1 aromatic heterocycles. The second kappa shape index (κ2) is 4.17. The molecule has 2 rings (SSSR count). The van der Waals surface area contributed by atoms with Crippen molar-refractivity contribution < 1.29 is 4.79 Å². The molecule has 0 atom stereocenters. The predicted octanol–water partition coefficient (Wildman–Crippen LogP) is 3.94. The molecule has 1 aromatic carbocycles. The topological polar surface area (TPSA) is 17.1 Å². The average Bonchev–Trinajstić information content (AvgIpc) is 2.74. The third-order valence-electron chi connectivity index (χ3n) is 2.17. The normalized spacial score (nSPS) is 10.3. The van der Waals surface area contributed by atoms with Gasteiger partial charge in [-0.1, -0.05) is 17.7 Å². The first-order valence-electron chi connectivity index (χ1n) is 4.53. The van der Waals surface area contributed by atoms with Gasteiger partial charge < -0.3 is 0 Å². The summed E-state index contributed by atoms with van der Waals surface area (Å²) in [5.41, 5.74) is 1.62. The molecule has 0 fully saturated rings. The number of carbonyl (C=O) groups excluding carboxylic acids is 1. The number of thiophene rings is 1. The molecule has 1 heterocycles. The van der Waals surface area contributed by atoms with E-state index in [1.54, 1.807) is 12.1 Å². The van der Waals surface area contributed by atoms with Gasteiger partial charge in [-0.05, 0) is 42.1 Å². The van der Waals surface area contributed by atoms with Crippen molar-refractivity contribution in [2.45, 2.75) is 6.92 Å². The van der Waals surface area contributed by atoms with Crippen molar-refractivity contribution in [1.29, 1.82) is 0 Å². The maximum Gasteiger partial charge on any atom is 0.202 e. The fourth-order valence-corrected chi connectivity index (χ4v) is 2.14. The van der Waals surface area contributed by atoms with Crippen LogP contribution in [0.3, 0.4) is 0 Å². The highest BCUT2D eigenvalue weighted by molar-refractivity contribution is 7.12. The summed E-state index contributed by atoms with van der Waals surface area (Å²) in [5, 5.41) is 2.59. The van der Waals surface area contributed by atoms with Gasteiger partial charge in [0.1, 0.15) is 0 Å². The Balaban J connectivity index is 2.39. The molecule has 0 aliphatic heterocycles. The van der Waals surface area contributed by atoms with Crippen LogP contribution in [0.1, 0.15) is 20.8 Å². The van der Waals surface area contributed by atoms with E-state index in [1.165, 1.54) is 11.3 Å². The molecule has 15 heavy (non-hydrogen) atoms. The molecule has 0 saturated carbocycles. The molecule has 0 radical (unpaired) electrons. The number of aryl methyl sites for hydroxylation is 1. The fraction of sp³-hybridized carbons (Fsp3) is 0.0833. The Morgan fingerprint density at radius 3 is 2.73 bits per heavy atom. The van der Waals surface area contributed by atoms with Gasteiger partial charge >= 0.3 is 0 Å². The summed E-state index contributed by atoms with van der Waals surface area (Å²) in [6, 6.07) is 9.05. The molecule has 0 amide bonds. The van der Waals surface area contributed by atoms with Crippen molar-refractivity contribution in [3.8, 4) is 0 Å². The molecular weight excluding hydrogens is 228 g/mol. The first kappa shape index (κ1) is 10.4. The minimum absolute atomic E-state index is 0.0600. The zero-order chi connectivity index (χ0) is 10.8. The minimum Gasteiger partial charge on any atom is -0.288 e. The molecule has 0 spiro atoms. The van der Waals surface area contributed by atoms with Gasteiger partial charge in [-0.25, -0.2) is 0 Å². The zero-order valence-corrected chi connectivity index (χ0v) is 9.73. The van der Waals surface area contributed by atoms with E-state index in [9.17, 15) is 4.79 Å². The molecule has 0 unspecified atom stereocenters. The van der Waals surface area contributed by atoms with E-state index in [-0.39, 0.29) is 5.78 Å². The van der Waals surface area contributed by atoms with Crippen LogP contribution in [0.5, 0.6) is 0 Å². The van der Waals surface area contributed by atoms with Crippen LogP contribution < -0.4 is 0 Å². The lowest BCUT2D eigenvalue weighted by atomic mass is 10.1. The van der Waals surface area contributed by atoms with Gasteiger partial charge in [0.05, 0.1) is 4.88 Å². The Morgan fingerprint density at radius 2 is 2.13 bits per heavy atom. The third kappa shape index (κ3) is 2.11. The molecule has 0 aliphatic rings. The van der Waals surface area contributed by atoms with Crippen LogP contribution in [-0.4, -0.2) is 5.78 Å². The van der Waals surface area contributed by atoms with E-state index in [2.05, 4.69) is 0 Å². The van der Waals surface area contributed by atoms with Crippen LogP contribution in [0.15, 0.2) is 35.7 Å². The van der Waals surface area contributed by atoms with Gasteiger partial charge in [0, 0.05) is 10.6 Å². The Labute approximate surface area is 97.3 Å². The van der Waals surface area contributed by atoms with E-state index in [0.29, 0.717) is 10.6 Å². The summed E-state index contributed by atoms with van der Waals surface area (Å²) in [6.45, 7) is 1.90. The van der Waals surface area contributed by atoms with Gasteiger partial charge in [-0.15, -0.1) is 11.3 Å². The number of rotatable bonds is 2. The summed E-state index contributed by atoms with van der Waals surface area (Å²) >= 11 is 7.35. The lowest BCUT2D eigenvalue weighted by molar-refractivity contribution is 0.104. The van der Waals surface area contributed by atoms with Gasteiger partial charge in [0.15, 0.2) is 0 Å². The van der Waals surface area contributed by atoms with E-state index >= 15 is 0 Å². The van der Waals surface area contributed by atoms with E-state index in [1.807, 2.05) is 30.5 Å². The number of ketones is 1. The quantitative estimate of drug-likeness (QED) is 0.722. The van der Waals surface area contributed by atoms with Gasteiger partial charge in [0.25, 0.3) is 0 Å². The second-order valence-electron chi connectivity index (χ2n) is 3.27. The molecule has 0 saturated heterocycles. The second-order valence-corrected chi connectivity index (χ2v) is 4.63. The van der Waals surface area contributed by atoms with Crippen molar-refractivity contribution in [1.82, 2.24) is 0 Å². The number of halogens is 1. The van der Waals surface area contributed by atoms with Crippen LogP contribution in [0.2, 0.25) is 5.02 Å². The predicted molar refractivity (Wildman–Crippen MR) is 63.9 cm³/mol. The molecule has 0 aliphatic carbocycles. The Morgan fingerprint density at radius 1 is 1.33 bits per heavy atom. The first-order valence-corrected chi connectivity index (χ1v) is 5.78. The highest BCUT2D eigenvalue weighted by Crippen LogP contribution is 2.20. The summed E-state index contributed by atoms with van der Waals surface area (Å²) < 4.78 is 0. The molecule has 0 N–H and O–H groups in total. The maximum atomic E-state index is 11.9. The van der Waals surface area contributed by atoms with Crippen LogP contribution >= 0.6 is 22.9 Å². The molecule has 0 bridgehead atoms. The first-order chi connectivity index (χ1) is 7.18. The van der Waals surface area contributed by atoms with Crippen LogP contribution in [0.25, 0.3) is 0 Å². The zero-order valence-electron chi connectivity index (χ0n) is 8.16. The van der Waals surface area contributed by atoms with Gasteiger partial charge in [-0.3, -0.25) is 4.79 Å². The molecule has 2 aromatic rings. The van der Waals surface area contributed by atoms with Crippen molar-refractivity contribution in [2.75, 3.05) is 0 Å². The number of carbonyl (C=O) groups is 1. The van der Waals surface area contributed by atoms with Crippen molar-refractivity contribution >= 4 is 28.7 Å². The number of hydrogen-bond donors (Lipinski definition) is 0. The van der Waals surface area contributed by atoms with Crippen LogP contribution in [-0.2, 0) is 0 Å². The SMILES string of the molecule is Cc1cc(C(=O)c2cccs2)ccc1Cl. The summed E-state index contributed by atoms with van der Waals surface area (Å²) in [5.74, 6) is 0.0600. The highest BCUT2D eigenvalue weighted by atomic mass is 35.5. The summed E-state index contributed by atoms with van der Waals surface area (Å²) in [4.78, 5) is 12.7. The smallest absolute Gasteiger partial charge is 0.202 e. The molecule has 3 heteroatoms. The lowest BCUT2D eigenvalue weighted by Gasteiger charge is -2.01.